The molecule has 1 aromatic rings. The normalized spacial score (nSPS) is 17.6. The maximum atomic E-state index is 9.18. The number of aliphatic hydroxyl groups excluding tert-OH is 1. The van der Waals surface area contributed by atoms with E-state index < -0.39 is 0 Å². The van der Waals surface area contributed by atoms with Crippen LogP contribution in [0.2, 0.25) is 0 Å². The zero-order valence-corrected chi connectivity index (χ0v) is 20.0. The third-order valence-corrected chi connectivity index (χ3v) is 5.95. The van der Waals surface area contributed by atoms with E-state index in [-0.39, 0.29) is 12.7 Å². The number of aliphatic hydroxyl groups is 1. The van der Waals surface area contributed by atoms with Gasteiger partial charge in [0.1, 0.15) is 0 Å². The minimum atomic E-state index is 0.0279. The third kappa shape index (κ3) is 8.07. The number of ether oxygens (including phenoxy) is 2. The van der Waals surface area contributed by atoms with Crippen LogP contribution in [-0.2, 0) is 15.9 Å². The van der Waals surface area contributed by atoms with Crippen LogP contribution in [0.4, 0.5) is 0 Å². The number of rotatable bonds is 14. The largest absolute Gasteiger partial charge is 0.394 e. The summed E-state index contributed by atoms with van der Waals surface area (Å²) in [5, 5.41) is 9.18. The van der Waals surface area contributed by atoms with Crippen molar-refractivity contribution in [3.8, 4) is 0 Å². The fourth-order valence-corrected chi connectivity index (χ4v) is 4.32. The molecule has 2 atom stereocenters. The van der Waals surface area contributed by atoms with Gasteiger partial charge in [0.05, 0.1) is 32.5 Å². The maximum Gasteiger partial charge on any atom is 0.0825 e. The molecule has 31 heavy (non-hydrogen) atoms. The van der Waals surface area contributed by atoms with Crippen LogP contribution in [0.25, 0.3) is 5.57 Å². The average Bonchev–Trinajstić information content (AvgIpc) is 2.78. The highest BCUT2D eigenvalue weighted by Gasteiger charge is 2.20. The Morgan fingerprint density at radius 1 is 1.16 bits per heavy atom. The zero-order chi connectivity index (χ0) is 22.5. The van der Waals surface area contributed by atoms with Gasteiger partial charge >= 0.3 is 0 Å². The first-order chi connectivity index (χ1) is 15.1. The van der Waals surface area contributed by atoms with Gasteiger partial charge in [-0.15, -0.1) is 0 Å². The highest BCUT2D eigenvalue weighted by molar-refractivity contribution is 5.76. The fourth-order valence-electron chi connectivity index (χ4n) is 4.32. The van der Waals surface area contributed by atoms with E-state index >= 15 is 0 Å². The van der Waals surface area contributed by atoms with Crippen molar-refractivity contribution in [2.75, 3.05) is 26.4 Å². The van der Waals surface area contributed by atoms with Crippen molar-refractivity contribution >= 4 is 5.57 Å². The lowest BCUT2D eigenvalue weighted by atomic mass is 9.86. The van der Waals surface area contributed by atoms with Crippen LogP contribution in [0, 0.1) is 0 Å². The van der Waals surface area contributed by atoms with Crippen molar-refractivity contribution in [1.29, 1.82) is 0 Å². The second-order valence-electron chi connectivity index (χ2n) is 8.44. The Bertz CT molecular complexity index is 745. The van der Waals surface area contributed by atoms with E-state index in [2.05, 4.69) is 51.1 Å². The van der Waals surface area contributed by atoms with Gasteiger partial charge in [-0.05, 0) is 66.4 Å². The van der Waals surface area contributed by atoms with Crippen LogP contribution in [-0.4, -0.2) is 37.6 Å². The highest BCUT2D eigenvalue weighted by Crippen LogP contribution is 2.32. The van der Waals surface area contributed by atoms with E-state index in [1.54, 1.807) is 0 Å². The van der Waals surface area contributed by atoms with Crippen LogP contribution < -0.4 is 0 Å². The molecule has 0 aromatic heterocycles. The van der Waals surface area contributed by atoms with E-state index in [1.165, 1.54) is 40.7 Å². The molecule has 0 amide bonds. The maximum absolute atomic E-state index is 9.18. The lowest BCUT2D eigenvalue weighted by molar-refractivity contribution is 0.0452. The molecule has 0 spiro atoms. The zero-order valence-electron chi connectivity index (χ0n) is 20.0. The Balaban J connectivity index is 2.22. The number of hydrogen-bond donors (Lipinski definition) is 1. The van der Waals surface area contributed by atoms with Gasteiger partial charge in [-0.3, -0.25) is 0 Å². The van der Waals surface area contributed by atoms with Crippen molar-refractivity contribution in [3.05, 3.63) is 64.8 Å². The SMILES string of the molecule is C/C=C/COCCC1=CC(c2ccc(C(C)CCC)c(CCC)c2)=CCC1OCCO. The summed E-state index contributed by atoms with van der Waals surface area (Å²) in [6.45, 7) is 10.6. The number of aryl methyl sites for hydroxylation is 1. The van der Waals surface area contributed by atoms with E-state index in [0.29, 0.717) is 25.7 Å². The first-order valence-corrected chi connectivity index (χ1v) is 12.1. The molecule has 3 nitrogen and oxygen atoms in total. The van der Waals surface area contributed by atoms with Crippen molar-refractivity contribution in [1.82, 2.24) is 0 Å². The smallest absolute Gasteiger partial charge is 0.0825 e. The van der Waals surface area contributed by atoms with Crippen molar-refractivity contribution in [2.24, 2.45) is 0 Å². The molecule has 0 heterocycles. The molecule has 1 aromatic carbocycles. The monoisotopic (exact) mass is 426 g/mol. The lowest BCUT2D eigenvalue weighted by Crippen LogP contribution is -2.21. The fraction of sp³-hybridized carbons (Fsp3) is 0.571. The van der Waals surface area contributed by atoms with Crippen LogP contribution in [0.15, 0.2) is 48.1 Å². The van der Waals surface area contributed by atoms with Crippen LogP contribution in [0.3, 0.4) is 0 Å². The Hall–Kier alpha value is -1.68. The van der Waals surface area contributed by atoms with Crippen molar-refractivity contribution < 1.29 is 14.6 Å². The molecule has 0 fully saturated rings. The summed E-state index contributed by atoms with van der Waals surface area (Å²) in [5.74, 6) is 0.609. The summed E-state index contributed by atoms with van der Waals surface area (Å²) in [6.07, 6.45) is 15.1. The summed E-state index contributed by atoms with van der Waals surface area (Å²) in [5.41, 5.74) is 6.83. The molecular formula is C28H42O3. The third-order valence-electron chi connectivity index (χ3n) is 5.95. The highest BCUT2D eigenvalue weighted by atomic mass is 16.5. The van der Waals surface area contributed by atoms with E-state index in [4.69, 9.17) is 9.47 Å². The minimum Gasteiger partial charge on any atom is -0.394 e. The summed E-state index contributed by atoms with van der Waals surface area (Å²) >= 11 is 0. The van der Waals surface area contributed by atoms with Gasteiger partial charge in [0.25, 0.3) is 0 Å². The van der Waals surface area contributed by atoms with Gasteiger partial charge in [0.15, 0.2) is 0 Å². The second-order valence-corrected chi connectivity index (χ2v) is 8.44. The quantitative estimate of drug-likeness (QED) is 0.268. The molecule has 2 unspecified atom stereocenters. The molecule has 2 rings (SSSR count). The number of benzene rings is 1. The van der Waals surface area contributed by atoms with Gasteiger partial charge in [0.2, 0.25) is 0 Å². The van der Waals surface area contributed by atoms with Gasteiger partial charge in [-0.1, -0.05) is 76.1 Å². The van der Waals surface area contributed by atoms with E-state index in [9.17, 15) is 5.11 Å². The van der Waals surface area contributed by atoms with Gasteiger partial charge in [-0.25, -0.2) is 0 Å². The van der Waals surface area contributed by atoms with Gasteiger partial charge in [-0.2, -0.15) is 0 Å². The number of allylic oxidation sites excluding steroid dienone is 3. The van der Waals surface area contributed by atoms with E-state index in [1.807, 2.05) is 19.1 Å². The molecular weight excluding hydrogens is 384 g/mol. The van der Waals surface area contributed by atoms with Crippen LogP contribution in [0.1, 0.15) is 82.4 Å². The molecule has 0 aliphatic heterocycles. The predicted octanol–water partition coefficient (Wildman–Crippen LogP) is 6.62. The summed E-state index contributed by atoms with van der Waals surface area (Å²) in [4.78, 5) is 0. The molecule has 3 heteroatoms. The molecule has 1 aliphatic rings. The summed E-state index contributed by atoms with van der Waals surface area (Å²) < 4.78 is 11.6. The van der Waals surface area contributed by atoms with Gasteiger partial charge in [0, 0.05) is 0 Å². The van der Waals surface area contributed by atoms with Crippen LogP contribution >= 0.6 is 0 Å². The average molecular weight is 427 g/mol. The van der Waals surface area contributed by atoms with E-state index in [0.717, 1.165) is 25.7 Å². The number of hydrogen-bond acceptors (Lipinski definition) is 3. The van der Waals surface area contributed by atoms with Gasteiger partial charge < -0.3 is 14.6 Å². The first kappa shape index (κ1) is 25.6. The molecule has 0 radical (unpaired) electrons. The summed E-state index contributed by atoms with van der Waals surface area (Å²) in [7, 11) is 0. The molecule has 1 N–H and O–H groups in total. The van der Waals surface area contributed by atoms with Crippen molar-refractivity contribution in [3.63, 3.8) is 0 Å². The molecule has 0 saturated carbocycles. The topological polar surface area (TPSA) is 38.7 Å². The standard InChI is InChI=1S/C28H42O3/c1-5-8-17-30-18-15-26-21-24(12-14-28(26)31-19-16-29)23-11-13-27(22(4)9-6-2)25(20-23)10-7-3/h5,8,11-13,20-22,28-29H,6-7,9-10,14-19H2,1-4H3/b8-5+. The first-order valence-electron chi connectivity index (χ1n) is 12.1. The van der Waals surface area contributed by atoms with Crippen molar-refractivity contribution in [2.45, 2.75) is 78.2 Å². The molecule has 172 valence electrons. The Kier molecular flexibility index (Phi) is 11.9. The Morgan fingerprint density at radius 3 is 2.71 bits per heavy atom. The lowest BCUT2D eigenvalue weighted by Gasteiger charge is -2.25. The predicted molar refractivity (Wildman–Crippen MR) is 132 cm³/mol. The molecule has 1 aliphatic carbocycles. The molecule has 0 saturated heterocycles. The minimum absolute atomic E-state index is 0.0279. The molecule has 0 bridgehead atoms. The summed E-state index contributed by atoms with van der Waals surface area (Å²) in [6, 6.07) is 7.05. The van der Waals surface area contributed by atoms with Crippen LogP contribution in [0.5, 0.6) is 0 Å². The Morgan fingerprint density at radius 2 is 2.00 bits per heavy atom. The Labute approximate surface area is 189 Å². The second kappa shape index (κ2) is 14.4.